The van der Waals surface area contributed by atoms with Crippen LogP contribution in [0.25, 0.3) is 0 Å². The molecule has 2 N–H and O–H groups in total. The number of rotatable bonds is 4. The fourth-order valence-electron chi connectivity index (χ4n) is 3.42. The molecule has 0 saturated carbocycles. The first kappa shape index (κ1) is 17.7. The molecule has 1 aromatic heterocycles. The molecule has 1 aromatic carbocycles. The van der Waals surface area contributed by atoms with Gasteiger partial charge in [-0.2, -0.15) is 5.26 Å². The minimum Gasteiger partial charge on any atom is -0.440 e. The Balaban J connectivity index is 2.30. The second kappa shape index (κ2) is 7.04. The van der Waals surface area contributed by atoms with Crippen LogP contribution in [-0.2, 0) is 13.0 Å². The Hall–Kier alpha value is -3.07. The molecule has 1 aliphatic rings. The zero-order valence-electron chi connectivity index (χ0n) is 14.8. The fraction of sp³-hybridized carbons (Fsp3) is 0.300. The maximum atomic E-state index is 13.3. The van der Waals surface area contributed by atoms with Crippen molar-refractivity contribution in [2.75, 3.05) is 0 Å². The Kier molecular flexibility index (Phi) is 4.81. The number of halogens is 1. The monoisotopic (exact) mass is 353 g/mol. The standard InChI is InChI=1S/C20H20FN3O2/c1-3-5-14-10-16-18(20(25)24(14)4-2)17(15(11-22)19(23)26-16)12-6-8-13(21)9-7-12/h6-10,17H,3-5,23H2,1-2H3. The predicted octanol–water partition coefficient (Wildman–Crippen LogP) is 3.18. The van der Waals surface area contributed by atoms with Crippen LogP contribution in [-0.4, -0.2) is 4.57 Å². The van der Waals surface area contributed by atoms with Crippen LogP contribution in [0.3, 0.4) is 0 Å². The van der Waals surface area contributed by atoms with Gasteiger partial charge in [-0.15, -0.1) is 0 Å². The van der Waals surface area contributed by atoms with Gasteiger partial charge in [0.15, 0.2) is 0 Å². The Bertz CT molecular complexity index is 968. The van der Waals surface area contributed by atoms with E-state index >= 15 is 0 Å². The Morgan fingerprint density at radius 2 is 2.00 bits per heavy atom. The van der Waals surface area contributed by atoms with E-state index in [9.17, 15) is 14.4 Å². The van der Waals surface area contributed by atoms with Crippen LogP contribution in [0, 0.1) is 17.1 Å². The van der Waals surface area contributed by atoms with Gasteiger partial charge in [0.2, 0.25) is 5.88 Å². The van der Waals surface area contributed by atoms with Gasteiger partial charge < -0.3 is 15.0 Å². The van der Waals surface area contributed by atoms with Gasteiger partial charge in [0.25, 0.3) is 5.56 Å². The summed E-state index contributed by atoms with van der Waals surface area (Å²) >= 11 is 0. The molecular formula is C20H20FN3O2. The molecule has 26 heavy (non-hydrogen) atoms. The first-order chi connectivity index (χ1) is 12.5. The van der Waals surface area contributed by atoms with Crippen LogP contribution in [0.4, 0.5) is 4.39 Å². The van der Waals surface area contributed by atoms with Crippen molar-refractivity contribution in [3.05, 3.63) is 74.8 Å². The minimum absolute atomic E-state index is 0.0228. The molecule has 0 radical (unpaired) electrons. The van der Waals surface area contributed by atoms with Crippen LogP contribution >= 0.6 is 0 Å². The lowest BCUT2D eigenvalue weighted by Crippen LogP contribution is -2.33. The van der Waals surface area contributed by atoms with E-state index in [2.05, 4.69) is 0 Å². The number of allylic oxidation sites excluding steroid dienone is 1. The fourth-order valence-corrected chi connectivity index (χ4v) is 3.42. The molecule has 0 amide bonds. The normalized spacial score (nSPS) is 16.0. The number of pyridine rings is 1. The average Bonchev–Trinajstić information content (AvgIpc) is 2.62. The summed E-state index contributed by atoms with van der Waals surface area (Å²) in [6.45, 7) is 4.45. The second-order valence-corrected chi connectivity index (χ2v) is 6.19. The van der Waals surface area contributed by atoms with Crippen molar-refractivity contribution < 1.29 is 9.13 Å². The van der Waals surface area contributed by atoms with Crippen molar-refractivity contribution >= 4 is 0 Å². The zero-order chi connectivity index (χ0) is 18.8. The van der Waals surface area contributed by atoms with E-state index in [1.165, 1.54) is 12.1 Å². The molecule has 3 rings (SSSR count). The summed E-state index contributed by atoms with van der Waals surface area (Å²) in [6.07, 6.45) is 1.62. The van der Waals surface area contributed by atoms with Crippen LogP contribution in [0.2, 0.25) is 0 Å². The first-order valence-electron chi connectivity index (χ1n) is 8.61. The van der Waals surface area contributed by atoms with E-state index in [-0.39, 0.29) is 22.8 Å². The molecule has 1 aliphatic heterocycles. The molecule has 1 unspecified atom stereocenters. The predicted molar refractivity (Wildman–Crippen MR) is 96.1 cm³/mol. The highest BCUT2D eigenvalue weighted by Gasteiger charge is 2.34. The molecular weight excluding hydrogens is 333 g/mol. The van der Waals surface area contributed by atoms with Crippen LogP contribution < -0.4 is 16.0 Å². The van der Waals surface area contributed by atoms with E-state index in [0.717, 1.165) is 18.5 Å². The van der Waals surface area contributed by atoms with E-state index in [1.54, 1.807) is 16.7 Å². The molecule has 2 aromatic rings. The summed E-state index contributed by atoms with van der Waals surface area (Å²) in [5, 5.41) is 9.58. The highest BCUT2D eigenvalue weighted by atomic mass is 19.1. The zero-order valence-corrected chi connectivity index (χ0v) is 14.8. The summed E-state index contributed by atoms with van der Waals surface area (Å²) in [5.41, 5.74) is 7.77. The highest BCUT2D eigenvalue weighted by Crippen LogP contribution is 2.40. The number of aryl methyl sites for hydroxylation is 1. The summed E-state index contributed by atoms with van der Waals surface area (Å²) < 4.78 is 20.7. The maximum Gasteiger partial charge on any atom is 0.258 e. The van der Waals surface area contributed by atoms with Gasteiger partial charge in [0.05, 0.1) is 11.5 Å². The number of fused-ring (bicyclic) bond motifs is 1. The van der Waals surface area contributed by atoms with Crippen molar-refractivity contribution in [1.82, 2.24) is 4.57 Å². The third-order valence-corrected chi connectivity index (χ3v) is 4.59. The third-order valence-electron chi connectivity index (χ3n) is 4.59. The van der Waals surface area contributed by atoms with Crippen molar-refractivity contribution in [2.24, 2.45) is 5.73 Å². The number of nitrogens with zero attached hydrogens (tertiary/aromatic N) is 2. The van der Waals surface area contributed by atoms with E-state index in [4.69, 9.17) is 10.5 Å². The molecule has 6 heteroatoms. The summed E-state index contributed by atoms with van der Waals surface area (Å²) in [7, 11) is 0. The van der Waals surface area contributed by atoms with Gasteiger partial charge >= 0.3 is 0 Å². The number of nitrogens with two attached hydrogens (primary N) is 1. The highest BCUT2D eigenvalue weighted by molar-refractivity contribution is 5.55. The largest absolute Gasteiger partial charge is 0.440 e. The first-order valence-corrected chi connectivity index (χ1v) is 8.61. The topological polar surface area (TPSA) is 81.0 Å². The average molecular weight is 353 g/mol. The van der Waals surface area contributed by atoms with Crippen LogP contribution in [0.15, 0.2) is 46.6 Å². The number of ether oxygens (including phenoxy) is 1. The van der Waals surface area contributed by atoms with Gasteiger partial charge in [-0.3, -0.25) is 4.79 Å². The van der Waals surface area contributed by atoms with Gasteiger partial charge in [0.1, 0.15) is 23.2 Å². The van der Waals surface area contributed by atoms with Crippen LogP contribution in [0.5, 0.6) is 5.75 Å². The Morgan fingerprint density at radius 3 is 2.58 bits per heavy atom. The maximum absolute atomic E-state index is 13.3. The molecule has 0 fully saturated rings. The van der Waals surface area contributed by atoms with Crippen molar-refractivity contribution in [1.29, 1.82) is 5.26 Å². The molecule has 134 valence electrons. The molecule has 0 spiro atoms. The number of hydrogen-bond donors (Lipinski definition) is 1. The summed E-state index contributed by atoms with van der Waals surface area (Å²) in [5.74, 6) is -0.717. The van der Waals surface area contributed by atoms with Gasteiger partial charge in [-0.1, -0.05) is 25.5 Å². The molecule has 0 aliphatic carbocycles. The van der Waals surface area contributed by atoms with Crippen LogP contribution in [0.1, 0.15) is 43.0 Å². The number of aromatic nitrogens is 1. The van der Waals surface area contributed by atoms with Gasteiger partial charge in [-0.25, -0.2) is 4.39 Å². The molecule has 0 bridgehead atoms. The van der Waals surface area contributed by atoms with Gasteiger partial charge in [0, 0.05) is 18.3 Å². The quantitative estimate of drug-likeness (QED) is 0.915. The summed E-state index contributed by atoms with van der Waals surface area (Å²) in [4.78, 5) is 13.2. The van der Waals surface area contributed by atoms with E-state index in [0.29, 0.717) is 23.4 Å². The lowest BCUT2D eigenvalue weighted by Gasteiger charge is -2.27. The number of nitriles is 1. The summed E-state index contributed by atoms with van der Waals surface area (Å²) in [6, 6.07) is 9.61. The minimum atomic E-state index is -0.676. The van der Waals surface area contributed by atoms with Gasteiger partial charge in [-0.05, 0) is 31.0 Å². The number of hydrogen-bond acceptors (Lipinski definition) is 4. The van der Waals surface area contributed by atoms with E-state index < -0.39 is 5.92 Å². The lowest BCUT2D eigenvalue weighted by atomic mass is 9.84. The van der Waals surface area contributed by atoms with Crippen molar-refractivity contribution in [3.8, 4) is 11.8 Å². The van der Waals surface area contributed by atoms with Crippen molar-refractivity contribution in [2.45, 2.75) is 39.2 Å². The lowest BCUT2D eigenvalue weighted by molar-refractivity contribution is 0.388. The SMILES string of the molecule is CCCc1cc2c(c(=O)n1CC)C(c1ccc(F)cc1)C(C#N)=C(N)O2. The third kappa shape index (κ3) is 2.86. The Labute approximate surface area is 151 Å². The number of benzene rings is 1. The molecule has 2 heterocycles. The smallest absolute Gasteiger partial charge is 0.258 e. The molecule has 5 nitrogen and oxygen atoms in total. The van der Waals surface area contributed by atoms with E-state index in [1.807, 2.05) is 26.0 Å². The molecule has 1 atom stereocenters. The Morgan fingerprint density at radius 1 is 1.31 bits per heavy atom. The van der Waals surface area contributed by atoms with Crippen molar-refractivity contribution in [3.63, 3.8) is 0 Å². The second-order valence-electron chi connectivity index (χ2n) is 6.19. The molecule has 0 saturated heterocycles.